The van der Waals surface area contributed by atoms with Gasteiger partial charge in [-0.2, -0.15) is 23.0 Å². The molecular weight excluding hydrogens is 523 g/mol. The third kappa shape index (κ3) is 5.99. The maximum Gasteiger partial charge on any atom is 0.416 e. The van der Waals surface area contributed by atoms with Crippen molar-refractivity contribution in [1.29, 1.82) is 0 Å². The van der Waals surface area contributed by atoms with Crippen LogP contribution in [-0.4, -0.2) is 75.4 Å². The van der Waals surface area contributed by atoms with Gasteiger partial charge in [0, 0.05) is 50.1 Å². The highest BCUT2D eigenvalue weighted by Crippen LogP contribution is 2.41. The lowest BCUT2D eigenvalue weighted by Crippen LogP contribution is -2.53. The van der Waals surface area contributed by atoms with Crippen molar-refractivity contribution in [3.8, 4) is 0 Å². The first-order valence-electron chi connectivity index (χ1n) is 14.1. The van der Waals surface area contributed by atoms with Crippen molar-refractivity contribution in [3.63, 3.8) is 0 Å². The average molecular weight is 562 g/mol. The van der Waals surface area contributed by atoms with Crippen LogP contribution in [-0.2, 0) is 17.5 Å². The lowest BCUT2D eigenvalue weighted by Gasteiger charge is -2.45. The lowest BCUT2D eigenvalue weighted by molar-refractivity contribution is -0.137. The monoisotopic (exact) mass is 561 g/mol. The molecule has 3 saturated heterocycles. The van der Waals surface area contributed by atoms with E-state index in [-0.39, 0.29) is 17.3 Å². The molecule has 3 fully saturated rings. The van der Waals surface area contributed by atoms with Crippen molar-refractivity contribution >= 4 is 17.7 Å². The molecule has 40 heavy (non-hydrogen) atoms. The van der Waals surface area contributed by atoms with Gasteiger partial charge in [-0.25, -0.2) is 9.59 Å². The number of benzene rings is 1. The Balaban J connectivity index is 1.26. The number of nitrogens with zero attached hydrogens (tertiary/aromatic N) is 5. The molecule has 218 valence electrons. The molecule has 0 N–H and O–H groups in total. The van der Waals surface area contributed by atoms with E-state index in [1.165, 1.54) is 29.1 Å². The van der Waals surface area contributed by atoms with Crippen LogP contribution in [0, 0.1) is 0 Å². The number of likely N-dealkylation sites (tertiary alicyclic amines) is 2. The first-order valence-corrected chi connectivity index (χ1v) is 14.1. The number of amides is 1. The number of carbonyl (C=O) groups excluding carboxylic acids is 2. The topological polar surface area (TPSA) is 70.9 Å². The molecular formula is C29H38F3N5O3. The molecule has 1 aromatic carbocycles. The van der Waals surface area contributed by atoms with Gasteiger partial charge in [0.2, 0.25) is 0 Å². The fraction of sp³-hybridized carbons (Fsp3) is 0.621. The van der Waals surface area contributed by atoms with Crippen LogP contribution in [0.15, 0.2) is 30.5 Å². The second-order valence-electron chi connectivity index (χ2n) is 12.2. The van der Waals surface area contributed by atoms with Gasteiger partial charge in [0.1, 0.15) is 5.60 Å². The molecule has 0 saturated carbocycles. The smallest absolute Gasteiger partial charge is 0.416 e. The van der Waals surface area contributed by atoms with Crippen LogP contribution in [0.2, 0.25) is 0 Å². The Hall–Kier alpha value is -3.08. The summed E-state index contributed by atoms with van der Waals surface area (Å²) in [4.78, 5) is 31.7. The van der Waals surface area contributed by atoms with E-state index < -0.39 is 23.3 Å². The molecule has 5 rings (SSSR count). The van der Waals surface area contributed by atoms with Gasteiger partial charge in [0.25, 0.3) is 0 Å². The highest BCUT2D eigenvalue weighted by Gasteiger charge is 2.44. The molecule has 3 aliphatic rings. The zero-order valence-corrected chi connectivity index (χ0v) is 23.5. The minimum atomic E-state index is -4.37. The zero-order valence-electron chi connectivity index (χ0n) is 23.5. The molecule has 8 nitrogen and oxygen atoms in total. The van der Waals surface area contributed by atoms with Crippen LogP contribution < -0.4 is 4.90 Å². The average Bonchev–Trinajstić information content (AvgIpc) is 3.65. The van der Waals surface area contributed by atoms with E-state index in [0.29, 0.717) is 25.3 Å². The second-order valence-corrected chi connectivity index (χ2v) is 12.2. The molecule has 2 aromatic rings. The number of hydrogen-bond acceptors (Lipinski definition) is 6. The Kier molecular flexibility index (Phi) is 7.62. The minimum Gasteiger partial charge on any atom is -0.455 e. The van der Waals surface area contributed by atoms with E-state index in [9.17, 15) is 22.8 Å². The second kappa shape index (κ2) is 10.7. The minimum absolute atomic E-state index is 0.0871. The lowest BCUT2D eigenvalue weighted by atomic mass is 9.84. The van der Waals surface area contributed by atoms with Gasteiger partial charge in [0.15, 0.2) is 5.69 Å². The summed E-state index contributed by atoms with van der Waals surface area (Å²) in [6.45, 7) is 9.43. The molecule has 0 radical (unpaired) electrons. The Bertz CT molecular complexity index is 1240. The number of aromatic nitrogens is 2. The molecule has 1 amide bonds. The van der Waals surface area contributed by atoms with E-state index in [1.807, 2.05) is 0 Å². The number of halogens is 3. The molecule has 0 atom stereocenters. The van der Waals surface area contributed by atoms with E-state index in [1.54, 1.807) is 31.7 Å². The molecule has 1 aromatic heterocycles. The van der Waals surface area contributed by atoms with Gasteiger partial charge >= 0.3 is 18.2 Å². The van der Waals surface area contributed by atoms with Gasteiger partial charge in [-0.05, 0) is 89.6 Å². The number of hydrogen-bond donors (Lipinski definition) is 0. The first-order chi connectivity index (χ1) is 18.8. The summed E-state index contributed by atoms with van der Waals surface area (Å²) in [5.74, 6) is -0.574. The summed E-state index contributed by atoms with van der Waals surface area (Å²) >= 11 is 0. The maximum atomic E-state index is 13.5. The van der Waals surface area contributed by atoms with Crippen molar-refractivity contribution < 1.29 is 27.5 Å². The van der Waals surface area contributed by atoms with E-state index in [4.69, 9.17) is 4.74 Å². The van der Waals surface area contributed by atoms with Crippen LogP contribution in [0.5, 0.6) is 0 Å². The molecule has 4 heterocycles. The highest BCUT2D eigenvalue weighted by atomic mass is 19.4. The Morgan fingerprint density at radius 1 is 0.950 bits per heavy atom. The van der Waals surface area contributed by atoms with Crippen LogP contribution in [0.3, 0.4) is 0 Å². The van der Waals surface area contributed by atoms with Gasteiger partial charge in [0.05, 0.1) is 5.56 Å². The summed E-state index contributed by atoms with van der Waals surface area (Å²) in [7, 11) is 0. The van der Waals surface area contributed by atoms with E-state index >= 15 is 0 Å². The standard InChI is InChI=1S/C29H38F3N5O3/c1-27(2,3)40-25(38)23-9-16-37(33-23)26(39)35-17-11-28(12-18-35)10-6-15-36(28)20-21-7-8-22(29(30,31)32)19-24(21)34-13-4-5-14-34/h7-9,16,19H,4-6,10-15,17-18,20H2,1-3H3. The summed E-state index contributed by atoms with van der Waals surface area (Å²) in [5, 5.41) is 4.16. The van der Waals surface area contributed by atoms with E-state index in [2.05, 4.69) is 14.9 Å². The highest BCUT2D eigenvalue weighted by molar-refractivity contribution is 5.88. The number of ether oxygens (including phenoxy) is 1. The van der Waals surface area contributed by atoms with Crippen LogP contribution in [0.1, 0.15) is 80.9 Å². The first kappa shape index (κ1) is 28.4. The van der Waals surface area contributed by atoms with Crippen molar-refractivity contribution in [1.82, 2.24) is 19.6 Å². The Labute approximate surface area is 233 Å². The maximum absolute atomic E-state index is 13.5. The number of carbonyl (C=O) groups is 2. The number of piperidine rings is 1. The molecule has 11 heteroatoms. The third-order valence-electron chi connectivity index (χ3n) is 8.32. The molecule has 1 spiro atoms. The summed E-state index contributed by atoms with van der Waals surface area (Å²) in [5.41, 5.74) is 0.364. The Morgan fingerprint density at radius 3 is 2.30 bits per heavy atom. The summed E-state index contributed by atoms with van der Waals surface area (Å²) in [6.07, 6.45) is 2.66. The van der Waals surface area contributed by atoms with Crippen molar-refractivity contribution in [2.24, 2.45) is 0 Å². The number of alkyl halides is 3. The number of anilines is 1. The summed E-state index contributed by atoms with van der Waals surface area (Å²) < 4.78 is 47.1. The van der Waals surface area contributed by atoms with Gasteiger partial charge < -0.3 is 14.5 Å². The molecule has 0 unspecified atom stereocenters. The number of rotatable bonds is 4. The fourth-order valence-corrected chi connectivity index (χ4v) is 6.27. The zero-order chi connectivity index (χ0) is 28.7. The molecule has 0 bridgehead atoms. The largest absolute Gasteiger partial charge is 0.455 e. The van der Waals surface area contributed by atoms with Crippen LogP contribution >= 0.6 is 0 Å². The fourth-order valence-electron chi connectivity index (χ4n) is 6.27. The van der Waals surface area contributed by atoms with Crippen LogP contribution in [0.4, 0.5) is 23.7 Å². The predicted molar refractivity (Wildman–Crippen MR) is 144 cm³/mol. The van der Waals surface area contributed by atoms with Gasteiger partial charge in [-0.15, -0.1) is 0 Å². The summed E-state index contributed by atoms with van der Waals surface area (Å²) in [6, 6.07) is 5.38. The van der Waals surface area contributed by atoms with Crippen molar-refractivity contribution in [2.75, 3.05) is 37.6 Å². The van der Waals surface area contributed by atoms with Crippen molar-refractivity contribution in [3.05, 3.63) is 47.3 Å². The Morgan fingerprint density at radius 2 is 1.65 bits per heavy atom. The predicted octanol–water partition coefficient (Wildman–Crippen LogP) is 5.56. The van der Waals surface area contributed by atoms with Gasteiger partial charge in [-0.1, -0.05) is 6.07 Å². The van der Waals surface area contributed by atoms with Gasteiger partial charge in [-0.3, -0.25) is 4.90 Å². The van der Waals surface area contributed by atoms with E-state index in [0.717, 1.165) is 63.7 Å². The van der Waals surface area contributed by atoms with Crippen LogP contribution in [0.25, 0.3) is 0 Å². The number of esters is 1. The SMILES string of the molecule is CC(C)(C)OC(=O)c1ccn(C(=O)N2CCC3(CCCN3Cc3ccc(C(F)(F)F)cc3N3CCCC3)CC2)n1. The molecule has 3 aliphatic heterocycles. The third-order valence-corrected chi connectivity index (χ3v) is 8.32. The molecule has 0 aliphatic carbocycles. The normalized spacial score (nSPS) is 19.9. The van der Waals surface area contributed by atoms with Crippen molar-refractivity contribution in [2.45, 2.75) is 83.2 Å². The quantitative estimate of drug-likeness (QED) is 0.456.